The first-order chi connectivity index (χ1) is 11.2. The Kier molecular flexibility index (Phi) is 3.79. The zero-order chi connectivity index (χ0) is 15.8. The SMILES string of the molecule is CC(C)c1[nH]ncc1-c1ccnc(NC2CC3CCC2CC3)n1. The quantitative estimate of drug-likeness (QED) is 0.896. The molecule has 3 fully saturated rings. The lowest BCUT2D eigenvalue weighted by Crippen LogP contribution is -2.40. The molecule has 0 spiro atoms. The normalized spacial score (nSPS) is 26.7. The number of hydrogen-bond donors (Lipinski definition) is 2. The summed E-state index contributed by atoms with van der Waals surface area (Å²) in [6.45, 7) is 4.33. The molecule has 0 radical (unpaired) electrons. The van der Waals surface area contributed by atoms with Gasteiger partial charge in [0.2, 0.25) is 5.95 Å². The second-order valence-corrected chi connectivity index (χ2v) is 7.38. The molecule has 2 heterocycles. The van der Waals surface area contributed by atoms with Crippen LogP contribution in [0.15, 0.2) is 18.5 Å². The molecule has 3 saturated carbocycles. The van der Waals surface area contributed by atoms with Crippen molar-refractivity contribution in [1.82, 2.24) is 20.2 Å². The van der Waals surface area contributed by atoms with Gasteiger partial charge >= 0.3 is 0 Å². The number of H-pyrrole nitrogens is 1. The van der Waals surface area contributed by atoms with Crippen LogP contribution in [0.3, 0.4) is 0 Å². The van der Waals surface area contributed by atoms with Crippen LogP contribution in [0.5, 0.6) is 0 Å². The lowest BCUT2D eigenvalue weighted by Gasteiger charge is -2.42. The minimum Gasteiger partial charge on any atom is -0.351 e. The van der Waals surface area contributed by atoms with Crippen LogP contribution >= 0.6 is 0 Å². The first-order valence-corrected chi connectivity index (χ1v) is 8.84. The third-order valence-electron chi connectivity index (χ3n) is 5.54. The van der Waals surface area contributed by atoms with Crippen molar-refractivity contribution in [2.75, 3.05) is 5.32 Å². The van der Waals surface area contributed by atoms with Gasteiger partial charge in [0.25, 0.3) is 0 Å². The summed E-state index contributed by atoms with van der Waals surface area (Å²) >= 11 is 0. The average Bonchev–Trinajstić information content (AvgIpc) is 3.06. The molecule has 5 heteroatoms. The molecule has 1 unspecified atom stereocenters. The summed E-state index contributed by atoms with van der Waals surface area (Å²) in [5.74, 6) is 2.86. The van der Waals surface area contributed by atoms with Gasteiger partial charge in [0.15, 0.2) is 0 Å². The zero-order valence-corrected chi connectivity index (χ0v) is 13.9. The number of anilines is 1. The topological polar surface area (TPSA) is 66.5 Å². The molecule has 23 heavy (non-hydrogen) atoms. The first kappa shape index (κ1) is 14.7. The van der Waals surface area contributed by atoms with Crippen molar-refractivity contribution in [2.45, 2.75) is 57.9 Å². The van der Waals surface area contributed by atoms with Gasteiger partial charge in [-0.3, -0.25) is 5.10 Å². The second-order valence-electron chi connectivity index (χ2n) is 7.38. The molecule has 2 bridgehead atoms. The summed E-state index contributed by atoms with van der Waals surface area (Å²) in [7, 11) is 0. The number of rotatable bonds is 4. The van der Waals surface area contributed by atoms with Gasteiger partial charge in [0.05, 0.1) is 11.9 Å². The third kappa shape index (κ3) is 2.84. The first-order valence-electron chi connectivity index (χ1n) is 8.84. The van der Waals surface area contributed by atoms with Crippen molar-refractivity contribution < 1.29 is 0 Å². The van der Waals surface area contributed by atoms with E-state index in [2.05, 4.69) is 34.3 Å². The summed E-state index contributed by atoms with van der Waals surface area (Å²) in [6.07, 6.45) is 10.5. The lowest BCUT2D eigenvalue weighted by atomic mass is 9.68. The number of fused-ring (bicyclic) bond motifs is 3. The van der Waals surface area contributed by atoms with E-state index in [1.807, 2.05) is 18.5 Å². The Bertz CT molecular complexity index is 670. The molecular formula is C18H25N5. The smallest absolute Gasteiger partial charge is 0.223 e. The van der Waals surface area contributed by atoms with Crippen LogP contribution in [0.1, 0.15) is 57.6 Å². The molecule has 0 aliphatic heterocycles. The average molecular weight is 311 g/mol. The number of aromatic nitrogens is 4. The monoisotopic (exact) mass is 311 g/mol. The maximum Gasteiger partial charge on any atom is 0.223 e. The molecule has 3 aliphatic rings. The highest BCUT2D eigenvalue weighted by molar-refractivity contribution is 5.62. The molecule has 0 saturated heterocycles. The molecule has 5 nitrogen and oxygen atoms in total. The highest BCUT2D eigenvalue weighted by Gasteiger charge is 2.35. The standard InChI is InChI=1S/C18H25N5/c1-11(2)17-14(10-20-23-17)15-7-8-19-18(21-15)22-16-9-12-3-5-13(16)6-4-12/h7-8,10-13,16H,3-6,9H2,1-2H3,(H,20,23)(H,19,21,22). The van der Waals surface area contributed by atoms with Crippen molar-refractivity contribution >= 4 is 5.95 Å². The Morgan fingerprint density at radius 1 is 1.22 bits per heavy atom. The number of aromatic amines is 1. The third-order valence-corrected chi connectivity index (χ3v) is 5.54. The van der Waals surface area contributed by atoms with Gasteiger partial charge in [-0.2, -0.15) is 5.10 Å². The van der Waals surface area contributed by atoms with Crippen LogP contribution in [0.2, 0.25) is 0 Å². The Labute approximate surface area is 137 Å². The van der Waals surface area contributed by atoms with E-state index < -0.39 is 0 Å². The molecule has 122 valence electrons. The number of hydrogen-bond acceptors (Lipinski definition) is 4. The molecule has 1 atom stereocenters. The van der Waals surface area contributed by atoms with Gasteiger partial charge < -0.3 is 5.32 Å². The maximum atomic E-state index is 4.75. The van der Waals surface area contributed by atoms with Crippen molar-refractivity contribution in [3.8, 4) is 11.3 Å². The van der Waals surface area contributed by atoms with Gasteiger partial charge in [-0.15, -0.1) is 0 Å². The zero-order valence-electron chi connectivity index (χ0n) is 13.9. The Balaban J connectivity index is 1.56. The van der Waals surface area contributed by atoms with E-state index in [0.29, 0.717) is 12.0 Å². The van der Waals surface area contributed by atoms with Gasteiger partial charge in [-0.25, -0.2) is 9.97 Å². The fraction of sp³-hybridized carbons (Fsp3) is 0.611. The molecular weight excluding hydrogens is 286 g/mol. The number of nitrogens with zero attached hydrogens (tertiary/aromatic N) is 3. The molecule has 2 aromatic rings. The van der Waals surface area contributed by atoms with E-state index in [1.165, 1.54) is 32.1 Å². The predicted molar refractivity (Wildman–Crippen MR) is 91.2 cm³/mol. The largest absolute Gasteiger partial charge is 0.351 e. The Hall–Kier alpha value is -1.91. The molecule has 5 rings (SSSR count). The summed E-state index contributed by atoms with van der Waals surface area (Å²) in [5, 5.41) is 10.9. The predicted octanol–water partition coefficient (Wildman–Crippen LogP) is 3.98. The van der Waals surface area contributed by atoms with Gasteiger partial charge in [-0.05, 0) is 43.1 Å². The van der Waals surface area contributed by atoms with E-state index in [9.17, 15) is 0 Å². The van der Waals surface area contributed by atoms with E-state index in [1.54, 1.807) is 0 Å². The van der Waals surface area contributed by atoms with Crippen LogP contribution in [0.4, 0.5) is 5.95 Å². The van der Waals surface area contributed by atoms with Crippen molar-refractivity contribution in [1.29, 1.82) is 0 Å². The van der Waals surface area contributed by atoms with Crippen LogP contribution in [-0.2, 0) is 0 Å². The van der Waals surface area contributed by atoms with Crippen molar-refractivity contribution in [2.24, 2.45) is 11.8 Å². The molecule has 0 aromatic carbocycles. The summed E-state index contributed by atoms with van der Waals surface area (Å²) < 4.78 is 0. The summed E-state index contributed by atoms with van der Waals surface area (Å²) in [4.78, 5) is 9.20. The number of nitrogens with one attached hydrogen (secondary N) is 2. The molecule has 3 aliphatic carbocycles. The Morgan fingerprint density at radius 2 is 2.04 bits per heavy atom. The summed E-state index contributed by atoms with van der Waals surface area (Å²) in [6, 6.07) is 2.52. The molecule has 2 N–H and O–H groups in total. The maximum absolute atomic E-state index is 4.75. The fourth-order valence-corrected chi connectivity index (χ4v) is 4.24. The van der Waals surface area contributed by atoms with E-state index in [4.69, 9.17) is 4.98 Å². The summed E-state index contributed by atoms with van der Waals surface area (Å²) in [5.41, 5.74) is 3.16. The highest BCUT2D eigenvalue weighted by Crippen LogP contribution is 2.42. The molecule has 0 amide bonds. The van der Waals surface area contributed by atoms with Gasteiger partial charge in [-0.1, -0.05) is 26.7 Å². The van der Waals surface area contributed by atoms with Crippen LogP contribution < -0.4 is 5.32 Å². The Morgan fingerprint density at radius 3 is 2.74 bits per heavy atom. The lowest BCUT2D eigenvalue weighted by molar-refractivity contribution is 0.157. The highest BCUT2D eigenvalue weighted by atomic mass is 15.1. The van der Waals surface area contributed by atoms with Gasteiger partial charge in [0, 0.05) is 23.5 Å². The van der Waals surface area contributed by atoms with Crippen molar-refractivity contribution in [3.63, 3.8) is 0 Å². The van der Waals surface area contributed by atoms with Gasteiger partial charge in [0.1, 0.15) is 0 Å². The van der Waals surface area contributed by atoms with Crippen LogP contribution in [0, 0.1) is 11.8 Å². The molecule has 2 aromatic heterocycles. The van der Waals surface area contributed by atoms with E-state index in [0.717, 1.165) is 34.7 Å². The van der Waals surface area contributed by atoms with Crippen LogP contribution in [-0.4, -0.2) is 26.2 Å². The second kappa shape index (κ2) is 5.95. The minimum absolute atomic E-state index is 0.396. The minimum atomic E-state index is 0.396. The van der Waals surface area contributed by atoms with E-state index >= 15 is 0 Å². The van der Waals surface area contributed by atoms with Crippen molar-refractivity contribution in [3.05, 3.63) is 24.2 Å². The van der Waals surface area contributed by atoms with Crippen LogP contribution in [0.25, 0.3) is 11.3 Å². The van der Waals surface area contributed by atoms with E-state index in [-0.39, 0.29) is 0 Å². The fourth-order valence-electron chi connectivity index (χ4n) is 4.24.